The van der Waals surface area contributed by atoms with Crippen molar-refractivity contribution in [2.75, 3.05) is 23.3 Å². The van der Waals surface area contributed by atoms with E-state index in [4.69, 9.17) is 0 Å². The molecule has 0 radical (unpaired) electrons. The molecule has 2 amide bonds. The average Bonchev–Trinajstić information content (AvgIpc) is 3.23. The minimum absolute atomic E-state index is 0.0550. The fraction of sp³-hybridized carbons (Fsp3) is 0.174. The van der Waals surface area contributed by atoms with E-state index in [0.29, 0.717) is 16.8 Å². The maximum Gasteiger partial charge on any atom is 0.255 e. The standard InChI is InChI=1S/C23H21BrN4O2/c24-18-7-3-5-16(13-18)22(29)26-19-8-4-6-17(14-19)23(30)27-20-10-12-28(15-20)21-9-1-2-11-25-21/h1-9,11,13-14,20H,10,12,15H2,(H,26,29)(H,27,30). The third kappa shape index (κ3) is 4.86. The lowest BCUT2D eigenvalue weighted by atomic mass is 10.1. The van der Waals surface area contributed by atoms with Crippen molar-refractivity contribution in [1.82, 2.24) is 10.3 Å². The van der Waals surface area contributed by atoms with Crippen LogP contribution in [0.15, 0.2) is 77.4 Å². The number of nitrogens with zero attached hydrogens (tertiary/aromatic N) is 2. The molecule has 2 heterocycles. The maximum atomic E-state index is 12.7. The topological polar surface area (TPSA) is 74.3 Å². The molecule has 1 aromatic heterocycles. The van der Waals surface area contributed by atoms with Crippen LogP contribution >= 0.6 is 15.9 Å². The van der Waals surface area contributed by atoms with Crippen molar-refractivity contribution in [2.24, 2.45) is 0 Å². The molecule has 152 valence electrons. The van der Waals surface area contributed by atoms with Crippen molar-refractivity contribution in [2.45, 2.75) is 12.5 Å². The molecule has 4 rings (SSSR count). The third-order valence-electron chi connectivity index (χ3n) is 4.97. The zero-order chi connectivity index (χ0) is 20.9. The van der Waals surface area contributed by atoms with Gasteiger partial charge in [0.1, 0.15) is 5.82 Å². The Labute approximate surface area is 183 Å². The Morgan fingerprint density at radius 3 is 2.53 bits per heavy atom. The zero-order valence-corrected chi connectivity index (χ0v) is 17.8. The number of carbonyl (C=O) groups excluding carboxylic acids is 2. The molecule has 1 fully saturated rings. The minimum Gasteiger partial charge on any atom is -0.354 e. The first-order valence-electron chi connectivity index (χ1n) is 9.72. The molecule has 30 heavy (non-hydrogen) atoms. The number of rotatable bonds is 5. The summed E-state index contributed by atoms with van der Waals surface area (Å²) in [6, 6.07) is 20.0. The molecular weight excluding hydrogens is 444 g/mol. The molecule has 2 aromatic carbocycles. The van der Waals surface area contributed by atoms with Crippen molar-refractivity contribution in [1.29, 1.82) is 0 Å². The van der Waals surface area contributed by atoms with Gasteiger partial charge in [0.25, 0.3) is 11.8 Å². The molecule has 3 aromatic rings. The van der Waals surface area contributed by atoms with Crippen LogP contribution in [0.2, 0.25) is 0 Å². The summed E-state index contributed by atoms with van der Waals surface area (Å²) >= 11 is 3.37. The van der Waals surface area contributed by atoms with Crippen LogP contribution in [0.5, 0.6) is 0 Å². The van der Waals surface area contributed by atoms with Gasteiger partial charge in [-0.05, 0) is 55.0 Å². The van der Waals surface area contributed by atoms with E-state index in [1.165, 1.54) is 0 Å². The van der Waals surface area contributed by atoms with Crippen molar-refractivity contribution in [3.63, 3.8) is 0 Å². The summed E-state index contributed by atoms with van der Waals surface area (Å²) in [7, 11) is 0. The molecule has 1 aliphatic heterocycles. The molecule has 6 nitrogen and oxygen atoms in total. The minimum atomic E-state index is -0.226. The van der Waals surface area contributed by atoms with Gasteiger partial charge in [-0.3, -0.25) is 9.59 Å². The largest absolute Gasteiger partial charge is 0.354 e. The molecule has 1 aliphatic rings. The Balaban J connectivity index is 1.38. The molecule has 7 heteroatoms. The Kier molecular flexibility index (Phi) is 6.09. The maximum absolute atomic E-state index is 12.7. The van der Waals surface area contributed by atoms with Gasteiger partial charge in [-0.1, -0.05) is 34.1 Å². The van der Waals surface area contributed by atoms with Crippen LogP contribution in [0.3, 0.4) is 0 Å². The molecule has 2 N–H and O–H groups in total. The van der Waals surface area contributed by atoms with Gasteiger partial charge in [0.2, 0.25) is 0 Å². The number of hydrogen-bond acceptors (Lipinski definition) is 4. The van der Waals surface area contributed by atoms with Gasteiger partial charge >= 0.3 is 0 Å². The van der Waals surface area contributed by atoms with Gasteiger partial charge in [0, 0.05) is 46.6 Å². The lowest BCUT2D eigenvalue weighted by Gasteiger charge is -2.18. The smallest absolute Gasteiger partial charge is 0.255 e. The number of carbonyl (C=O) groups is 2. The lowest BCUT2D eigenvalue weighted by molar-refractivity contribution is 0.0939. The number of halogens is 1. The second-order valence-electron chi connectivity index (χ2n) is 7.14. The summed E-state index contributed by atoms with van der Waals surface area (Å²) in [5, 5.41) is 5.93. The number of hydrogen-bond donors (Lipinski definition) is 2. The van der Waals surface area contributed by atoms with Crippen molar-refractivity contribution in [3.8, 4) is 0 Å². The average molecular weight is 465 g/mol. The van der Waals surface area contributed by atoms with E-state index < -0.39 is 0 Å². The van der Waals surface area contributed by atoms with E-state index in [2.05, 4.69) is 36.4 Å². The van der Waals surface area contributed by atoms with E-state index >= 15 is 0 Å². The van der Waals surface area contributed by atoms with Gasteiger partial charge in [-0.25, -0.2) is 4.98 Å². The van der Waals surface area contributed by atoms with E-state index in [-0.39, 0.29) is 17.9 Å². The molecule has 1 unspecified atom stereocenters. The van der Waals surface area contributed by atoms with Crippen molar-refractivity contribution < 1.29 is 9.59 Å². The first kappa shape index (κ1) is 20.1. The van der Waals surface area contributed by atoms with Gasteiger partial charge in [0.05, 0.1) is 0 Å². The summed E-state index contributed by atoms with van der Waals surface area (Å²) < 4.78 is 0.833. The van der Waals surface area contributed by atoms with Gasteiger partial charge in [-0.15, -0.1) is 0 Å². The first-order chi connectivity index (χ1) is 14.6. The van der Waals surface area contributed by atoms with Crippen LogP contribution in [0, 0.1) is 0 Å². The van der Waals surface area contributed by atoms with Crippen molar-refractivity contribution >= 4 is 39.2 Å². The van der Waals surface area contributed by atoms with Crippen LogP contribution in [0.1, 0.15) is 27.1 Å². The Bertz CT molecular complexity index is 1060. The summed E-state index contributed by atoms with van der Waals surface area (Å²) in [6.07, 6.45) is 2.64. The molecule has 0 saturated carbocycles. The van der Waals surface area contributed by atoms with E-state index in [0.717, 1.165) is 29.8 Å². The Morgan fingerprint density at radius 2 is 1.77 bits per heavy atom. The second kappa shape index (κ2) is 9.09. The van der Waals surface area contributed by atoms with E-state index in [1.807, 2.05) is 24.3 Å². The lowest BCUT2D eigenvalue weighted by Crippen LogP contribution is -2.37. The Morgan fingerprint density at radius 1 is 0.967 bits per heavy atom. The monoisotopic (exact) mass is 464 g/mol. The fourth-order valence-corrected chi connectivity index (χ4v) is 3.87. The highest BCUT2D eigenvalue weighted by molar-refractivity contribution is 9.10. The summed E-state index contributed by atoms with van der Waals surface area (Å²) in [5.74, 6) is 0.545. The van der Waals surface area contributed by atoms with Gasteiger partial charge < -0.3 is 15.5 Å². The highest BCUT2D eigenvalue weighted by Gasteiger charge is 2.25. The highest BCUT2D eigenvalue weighted by atomic mass is 79.9. The summed E-state index contributed by atoms with van der Waals surface area (Å²) in [4.78, 5) is 31.7. The summed E-state index contributed by atoms with van der Waals surface area (Å²) in [6.45, 7) is 1.58. The quantitative estimate of drug-likeness (QED) is 0.595. The van der Waals surface area contributed by atoms with E-state index in [1.54, 1.807) is 48.7 Å². The number of pyridine rings is 1. The molecule has 0 aliphatic carbocycles. The van der Waals surface area contributed by atoms with Crippen LogP contribution in [-0.2, 0) is 0 Å². The molecule has 1 atom stereocenters. The molecular formula is C23H21BrN4O2. The zero-order valence-electron chi connectivity index (χ0n) is 16.2. The Hall–Kier alpha value is -3.19. The van der Waals surface area contributed by atoms with Gasteiger partial charge in [0.15, 0.2) is 0 Å². The van der Waals surface area contributed by atoms with Crippen LogP contribution in [-0.4, -0.2) is 35.9 Å². The van der Waals surface area contributed by atoms with Crippen LogP contribution in [0.25, 0.3) is 0 Å². The normalized spacial score (nSPS) is 15.6. The second-order valence-corrected chi connectivity index (χ2v) is 8.05. The highest BCUT2D eigenvalue weighted by Crippen LogP contribution is 2.19. The number of aromatic nitrogens is 1. The molecule has 1 saturated heterocycles. The van der Waals surface area contributed by atoms with Crippen LogP contribution < -0.4 is 15.5 Å². The number of amides is 2. The van der Waals surface area contributed by atoms with Crippen molar-refractivity contribution in [3.05, 3.63) is 88.5 Å². The number of anilines is 2. The number of benzene rings is 2. The first-order valence-corrected chi connectivity index (χ1v) is 10.5. The third-order valence-corrected chi connectivity index (χ3v) is 5.46. The van der Waals surface area contributed by atoms with Gasteiger partial charge in [-0.2, -0.15) is 0 Å². The molecule has 0 spiro atoms. The SMILES string of the molecule is O=C(Nc1cccc(C(=O)NC2CCN(c3ccccn3)C2)c1)c1cccc(Br)c1. The fourth-order valence-electron chi connectivity index (χ4n) is 3.47. The summed E-state index contributed by atoms with van der Waals surface area (Å²) in [5.41, 5.74) is 1.63. The van der Waals surface area contributed by atoms with Crippen LogP contribution in [0.4, 0.5) is 11.5 Å². The predicted molar refractivity (Wildman–Crippen MR) is 121 cm³/mol. The number of nitrogens with one attached hydrogen (secondary N) is 2. The predicted octanol–water partition coefficient (Wildman–Crippen LogP) is 4.11. The molecule has 0 bridgehead atoms. The van der Waals surface area contributed by atoms with E-state index in [9.17, 15) is 9.59 Å².